The Hall–Kier alpha value is -4.68. The number of hydrogen-bond donors (Lipinski definition) is 6. The number of hydrogen-bond acceptors (Lipinski definition) is 7. The van der Waals surface area contributed by atoms with E-state index in [1.807, 2.05) is 30.3 Å². The van der Waals surface area contributed by atoms with Gasteiger partial charge in [-0.1, -0.05) is 59.6 Å². The molecule has 1 unspecified atom stereocenters. The average Bonchev–Trinajstić information content (AvgIpc) is 3.00. The molecule has 1 aliphatic heterocycles. The maximum absolute atomic E-state index is 13.3. The van der Waals surface area contributed by atoms with E-state index in [1.54, 1.807) is 24.3 Å². The zero-order valence-corrected chi connectivity index (χ0v) is 24.9. The predicted molar refractivity (Wildman–Crippen MR) is 166 cm³/mol. The molecule has 230 valence electrons. The van der Waals surface area contributed by atoms with E-state index in [0.717, 1.165) is 5.56 Å². The van der Waals surface area contributed by atoms with Crippen LogP contribution in [-0.4, -0.2) is 72.6 Å². The van der Waals surface area contributed by atoms with Crippen molar-refractivity contribution in [2.45, 2.75) is 25.2 Å². The Kier molecular flexibility index (Phi) is 10.7. The first kappa shape index (κ1) is 32.2. The first-order valence-corrected chi connectivity index (χ1v) is 14.2. The summed E-state index contributed by atoms with van der Waals surface area (Å²) in [6, 6.07) is 16.1. The summed E-state index contributed by atoms with van der Waals surface area (Å²) in [6.07, 6.45) is -1.07. The van der Waals surface area contributed by atoms with Gasteiger partial charge in [-0.3, -0.25) is 14.4 Å². The van der Waals surface area contributed by atoms with Crippen molar-refractivity contribution < 1.29 is 28.7 Å². The number of amides is 3. The second-order valence-corrected chi connectivity index (χ2v) is 10.7. The predicted octanol–water partition coefficient (Wildman–Crippen LogP) is 3.49. The van der Waals surface area contributed by atoms with Crippen molar-refractivity contribution >= 4 is 58.5 Å². The topological polar surface area (TPSA) is 161 Å². The summed E-state index contributed by atoms with van der Waals surface area (Å²) in [5.74, 6) is -3.12. The summed E-state index contributed by atoms with van der Waals surface area (Å²) in [4.78, 5) is 54.3. The number of benzene rings is 3. The number of guanidine groups is 1. The van der Waals surface area contributed by atoms with Gasteiger partial charge in [-0.2, -0.15) is 0 Å². The molecule has 14 heteroatoms. The highest BCUT2D eigenvalue weighted by molar-refractivity contribution is 6.40. The molecule has 0 aliphatic carbocycles. The van der Waals surface area contributed by atoms with Crippen LogP contribution in [-0.2, 0) is 9.59 Å². The van der Waals surface area contributed by atoms with E-state index in [4.69, 9.17) is 23.2 Å². The van der Waals surface area contributed by atoms with Gasteiger partial charge in [0.2, 0.25) is 5.91 Å². The van der Waals surface area contributed by atoms with Crippen LogP contribution in [0.15, 0.2) is 71.7 Å². The molecule has 0 aromatic heterocycles. The zero-order valence-electron chi connectivity index (χ0n) is 23.4. The number of carbonyl (C=O) groups is 4. The lowest BCUT2D eigenvalue weighted by Crippen LogP contribution is -2.52. The molecule has 11 nitrogen and oxygen atoms in total. The van der Waals surface area contributed by atoms with Gasteiger partial charge in [-0.05, 0) is 48.4 Å². The van der Waals surface area contributed by atoms with E-state index in [9.17, 15) is 28.7 Å². The zero-order chi connectivity index (χ0) is 31.8. The van der Waals surface area contributed by atoms with E-state index >= 15 is 0 Å². The average molecular weight is 644 g/mol. The van der Waals surface area contributed by atoms with Gasteiger partial charge in [0.25, 0.3) is 11.8 Å². The van der Waals surface area contributed by atoms with Crippen molar-refractivity contribution in [3.05, 3.63) is 87.9 Å². The molecule has 0 saturated heterocycles. The summed E-state index contributed by atoms with van der Waals surface area (Å²) in [7, 11) is 0. The Morgan fingerprint density at radius 1 is 0.977 bits per heavy atom. The second-order valence-electron chi connectivity index (χ2n) is 9.86. The highest BCUT2D eigenvalue weighted by Crippen LogP contribution is 2.31. The molecule has 3 aromatic carbocycles. The Labute approximate surface area is 262 Å². The molecule has 6 N–H and O–H groups in total. The van der Waals surface area contributed by atoms with Crippen LogP contribution in [0.4, 0.5) is 10.1 Å². The molecule has 0 fully saturated rings. The van der Waals surface area contributed by atoms with Gasteiger partial charge in [0.1, 0.15) is 18.3 Å². The van der Waals surface area contributed by atoms with E-state index in [0.29, 0.717) is 17.2 Å². The van der Waals surface area contributed by atoms with Gasteiger partial charge < -0.3 is 31.7 Å². The molecule has 1 heterocycles. The van der Waals surface area contributed by atoms with Gasteiger partial charge in [0, 0.05) is 17.8 Å². The monoisotopic (exact) mass is 642 g/mol. The van der Waals surface area contributed by atoms with Crippen LogP contribution in [0, 0.1) is 0 Å². The number of nitrogens with zero attached hydrogens (tertiary/aromatic N) is 1. The Balaban J connectivity index is 1.33. The molecular formula is C30H29Cl2FN6O5. The Bertz CT molecular complexity index is 1570. The summed E-state index contributed by atoms with van der Waals surface area (Å²) in [5, 5.41) is 22.8. The highest BCUT2D eigenvalue weighted by Gasteiger charge is 2.26. The van der Waals surface area contributed by atoms with Crippen LogP contribution < -0.4 is 26.6 Å². The maximum atomic E-state index is 13.3. The molecule has 3 atom stereocenters. The molecule has 1 aliphatic rings. The van der Waals surface area contributed by atoms with Crippen molar-refractivity contribution in [2.24, 2.45) is 4.99 Å². The fourth-order valence-corrected chi connectivity index (χ4v) is 4.85. The quantitative estimate of drug-likeness (QED) is 0.197. The van der Waals surface area contributed by atoms with Crippen molar-refractivity contribution in [3.63, 3.8) is 0 Å². The van der Waals surface area contributed by atoms with E-state index in [-0.39, 0.29) is 34.3 Å². The van der Waals surface area contributed by atoms with Crippen molar-refractivity contribution in [3.8, 4) is 11.1 Å². The van der Waals surface area contributed by atoms with E-state index in [2.05, 4.69) is 31.6 Å². The second kappa shape index (κ2) is 14.7. The van der Waals surface area contributed by atoms with Crippen molar-refractivity contribution in [2.75, 3.05) is 25.0 Å². The molecule has 4 rings (SSSR count). The van der Waals surface area contributed by atoms with Gasteiger partial charge in [-0.25, -0.2) is 14.2 Å². The van der Waals surface area contributed by atoms with Crippen LogP contribution >= 0.6 is 23.2 Å². The minimum absolute atomic E-state index is 0.0222. The van der Waals surface area contributed by atoms with Crippen molar-refractivity contribution in [1.29, 1.82) is 0 Å². The van der Waals surface area contributed by atoms with Crippen LogP contribution in [0.1, 0.15) is 27.6 Å². The molecule has 0 saturated carbocycles. The summed E-state index contributed by atoms with van der Waals surface area (Å²) >= 11 is 12.7. The van der Waals surface area contributed by atoms with Gasteiger partial charge >= 0.3 is 5.97 Å². The lowest BCUT2D eigenvalue weighted by Gasteiger charge is -2.20. The molecule has 44 heavy (non-hydrogen) atoms. The Morgan fingerprint density at radius 3 is 2.32 bits per heavy atom. The van der Waals surface area contributed by atoms with Crippen LogP contribution in [0.25, 0.3) is 11.1 Å². The number of rotatable bonds is 10. The molecule has 0 bridgehead atoms. The van der Waals surface area contributed by atoms with E-state index < -0.39 is 48.5 Å². The largest absolute Gasteiger partial charge is 0.480 e. The summed E-state index contributed by atoms with van der Waals surface area (Å²) < 4.78 is 13.3. The van der Waals surface area contributed by atoms with E-state index in [1.165, 1.54) is 19.1 Å². The number of carboxylic acid groups (broad SMARTS) is 1. The third kappa shape index (κ3) is 8.45. The molecule has 0 radical (unpaired) electrons. The number of alkyl halides is 1. The van der Waals surface area contributed by atoms with Gasteiger partial charge in [-0.15, -0.1) is 0 Å². The fraction of sp³-hybridized carbons (Fsp3) is 0.233. The molecule has 3 amide bonds. The Morgan fingerprint density at radius 2 is 1.68 bits per heavy atom. The number of halogens is 3. The summed E-state index contributed by atoms with van der Waals surface area (Å²) in [6.45, 7) is 1.09. The van der Waals surface area contributed by atoms with Gasteiger partial charge in [0.05, 0.1) is 28.7 Å². The third-order valence-electron chi connectivity index (χ3n) is 6.53. The first-order chi connectivity index (χ1) is 21.0. The highest BCUT2D eigenvalue weighted by atomic mass is 35.5. The van der Waals surface area contributed by atoms with Gasteiger partial charge in [0.15, 0.2) is 5.96 Å². The molecule has 0 spiro atoms. The minimum Gasteiger partial charge on any atom is -0.480 e. The van der Waals surface area contributed by atoms with Crippen LogP contribution in [0.5, 0.6) is 0 Å². The summed E-state index contributed by atoms with van der Waals surface area (Å²) in [5.41, 5.74) is 2.14. The molecular weight excluding hydrogens is 614 g/mol. The fourth-order valence-electron chi connectivity index (χ4n) is 4.20. The minimum atomic E-state index is -1.53. The number of anilines is 1. The first-order valence-electron chi connectivity index (χ1n) is 13.5. The number of aliphatic imine (C=N–C) groups is 1. The number of aliphatic carboxylic acids is 1. The van der Waals surface area contributed by atoms with Crippen LogP contribution in [0.3, 0.4) is 0 Å². The standard InChI is InChI=1S/C30H29Cl2FN6O5/c1-16(37-27(41)18-8-5-9-21(10-18)38-30-35-13-20(33)14-36-30)26(40)34-15-24(29(43)44)39-28(42)25-22(31)11-19(12-23(25)32)17-6-3-2-4-7-17/h2-12,16,20,24H,13-15H2,1H3,(H,34,40)(H,37,41)(H,39,42)(H,43,44)(H2,35,36,38)/t16-,24-/m0/s1. The van der Waals surface area contributed by atoms with Crippen LogP contribution in [0.2, 0.25) is 10.0 Å². The SMILES string of the molecule is C[C@H](NC(=O)c1cccc(NC2=NCC(F)CN2)c1)C(=O)NC[C@H](NC(=O)c1c(Cl)cc(-c2ccccc2)cc1Cl)C(=O)O. The molecule has 3 aromatic rings. The lowest BCUT2D eigenvalue weighted by atomic mass is 10.0. The third-order valence-corrected chi connectivity index (χ3v) is 7.12. The number of carbonyl (C=O) groups excluding carboxylic acids is 3. The smallest absolute Gasteiger partial charge is 0.328 e. The maximum Gasteiger partial charge on any atom is 0.328 e. The number of carboxylic acids is 1. The number of nitrogens with one attached hydrogen (secondary N) is 5. The lowest BCUT2D eigenvalue weighted by molar-refractivity contribution is -0.139. The normalized spacial score (nSPS) is 15.5. The van der Waals surface area contributed by atoms with Crippen molar-refractivity contribution in [1.82, 2.24) is 21.3 Å².